The second-order valence-corrected chi connectivity index (χ2v) is 4.41. The van der Waals surface area contributed by atoms with E-state index < -0.39 is 0 Å². The summed E-state index contributed by atoms with van der Waals surface area (Å²) < 4.78 is 5.51. The molecular weight excluding hydrogens is 184 g/mol. The molecule has 1 aromatic rings. The standard InChI is InChI=1S/C14H20O/c1-2-4-12-6-8-13(9-7-12)14-5-3-10-15-11-14/h6-9,14H,2-5,10-11H2,1H3. The molecule has 0 N–H and O–H groups in total. The van der Waals surface area contributed by atoms with E-state index in [0.717, 1.165) is 13.2 Å². The van der Waals surface area contributed by atoms with Crippen molar-refractivity contribution in [2.75, 3.05) is 13.2 Å². The number of rotatable bonds is 3. The van der Waals surface area contributed by atoms with Gasteiger partial charge in [0.25, 0.3) is 0 Å². The van der Waals surface area contributed by atoms with E-state index in [1.165, 1.54) is 36.8 Å². The van der Waals surface area contributed by atoms with Gasteiger partial charge in [-0.2, -0.15) is 0 Å². The fraction of sp³-hybridized carbons (Fsp3) is 0.571. The van der Waals surface area contributed by atoms with Crippen LogP contribution in [-0.4, -0.2) is 13.2 Å². The smallest absolute Gasteiger partial charge is 0.0534 e. The van der Waals surface area contributed by atoms with Gasteiger partial charge < -0.3 is 4.74 Å². The van der Waals surface area contributed by atoms with Crippen LogP contribution in [0.15, 0.2) is 24.3 Å². The molecule has 1 aromatic carbocycles. The summed E-state index contributed by atoms with van der Waals surface area (Å²) in [5, 5.41) is 0. The summed E-state index contributed by atoms with van der Waals surface area (Å²) in [5.41, 5.74) is 2.91. The number of hydrogen-bond donors (Lipinski definition) is 0. The van der Waals surface area contributed by atoms with Gasteiger partial charge in [-0.15, -0.1) is 0 Å². The van der Waals surface area contributed by atoms with E-state index in [1.54, 1.807) is 0 Å². The topological polar surface area (TPSA) is 9.23 Å². The maximum atomic E-state index is 5.51. The van der Waals surface area contributed by atoms with Gasteiger partial charge in [0.15, 0.2) is 0 Å². The van der Waals surface area contributed by atoms with Gasteiger partial charge in [0.1, 0.15) is 0 Å². The first-order chi connectivity index (χ1) is 7.40. The van der Waals surface area contributed by atoms with Crippen LogP contribution >= 0.6 is 0 Å². The lowest BCUT2D eigenvalue weighted by Gasteiger charge is -2.22. The van der Waals surface area contributed by atoms with Gasteiger partial charge in [0.2, 0.25) is 0 Å². The number of benzene rings is 1. The quantitative estimate of drug-likeness (QED) is 0.732. The highest BCUT2D eigenvalue weighted by atomic mass is 16.5. The van der Waals surface area contributed by atoms with Gasteiger partial charge in [0.05, 0.1) is 6.61 Å². The molecule has 1 atom stereocenters. The van der Waals surface area contributed by atoms with Crippen molar-refractivity contribution in [1.82, 2.24) is 0 Å². The third kappa shape index (κ3) is 2.82. The van der Waals surface area contributed by atoms with Crippen molar-refractivity contribution in [3.63, 3.8) is 0 Å². The maximum absolute atomic E-state index is 5.51. The molecular formula is C14H20O. The Balaban J connectivity index is 2.02. The minimum absolute atomic E-state index is 0.634. The second kappa shape index (κ2) is 5.32. The molecule has 1 saturated heterocycles. The summed E-state index contributed by atoms with van der Waals surface area (Å²) >= 11 is 0. The van der Waals surface area contributed by atoms with E-state index in [4.69, 9.17) is 4.74 Å². The summed E-state index contributed by atoms with van der Waals surface area (Å²) in [7, 11) is 0. The molecule has 0 aliphatic carbocycles. The Morgan fingerprint density at radius 1 is 1.27 bits per heavy atom. The first-order valence-corrected chi connectivity index (χ1v) is 6.06. The predicted molar refractivity (Wildman–Crippen MR) is 63.2 cm³/mol. The van der Waals surface area contributed by atoms with E-state index in [1.807, 2.05) is 0 Å². The van der Waals surface area contributed by atoms with E-state index in [0.29, 0.717) is 5.92 Å². The lowest BCUT2D eigenvalue weighted by Crippen LogP contribution is -2.15. The van der Waals surface area contributed by atoms with Crippen molar-refractivity contribution in [1.29, 1.82) is 0 Å². The van der Waals surface area contributed by atoms with Crippen LogP contribution < -0.4 is 0 Å². The Morgan fingerprint density at radius 3 is 2.67 bits per heavy atom. The zero-order valence-electron chi connectivity index (χ0n) is 9.54. The molecule has 15 heavy (non-hydrogen) atoms. The van der Waals surface area contributed by atoms with Gasteiger partial charge >= 0.3 is 0 Å². The van der Waals surface area contributed by atoms with Crippen molar-refractivity contribution >= 4 is 0 Å². The molecule has 82 valence electrons. The first kappa shape index (κ1) is 10.7. The van der Waals surface area contributed by atoms with Crippen molar-refractivity contribution in [2.24, 2.45) is 0 Å². The maximum Gasteiger partial charge on any atom is 0.0534 e. The molecule has 1 unspecified atom stereocenters. The third-order valence-electron chi connectivity index (χ3n) is 3.15. The Morgan fingerprint density at radius 2 is 2.07 bits per heavy atom. The molecule has 0 radical (unpaired) electrons. The summed E-state index contributed by atoms with van der Waals surface area (Å²) in [6, 6.07) is 9.11. The molecule has 1 heteroatoms. The van der Waals surface area contributed by atoms with Crippen LogP contribution in [0.4, 0.5) is 0 Å². The zero-order chi connectivity index (χ0) is 10.5. The van der Waals surface area contributed by atoms with Gasteiger partial charge in [-0.3, -0.25) is 0 Å². The van der Waals surface area contributed by atoms with Gasteiger partial charge in [-0.1, -0.05) is 37.6 Å². The van der Waals surface area contributed by atoms with Crippen LogP contribution in [0.25, 0.3) is 0 Å². The Bertz CT molecular complexity index is 283. The minimum atomic E-state index is 0.634. The van der Waals surface area contributed by atoms with Crippen molar-refractivity contribution in [3.05, 3.63) is 35.4 Å². The molecule has 1 fully saturated rings. The van der Waals surface area contributed by atoms with E-state index in [9.17, 15) is 0 Å². The molecule has 0 amide bonds. The summed E-state index contributed by atoms with van der Waals surface area (Å²) in [4.78, 5) is 0. The fourth-order valence-corrected chi connectivity index (χ4v) is 2.25. The molecule has 1 nitrogen and oxygen atoms in total. The zero-order valence-corrected chi connectivity index (χ0v) is 9.54. The van der Waals surface area contributed by atoms with Gasteiger partial charge in [-0.25, -0.2) is 0 Å². The van der Waals surface area contributed by atoms with Gasteiger partial charge in [-0.05, 0) is 30.4 Å². The first-order valence-electron chi connectivity index (χ1n) is 6.06. The predicted octanol–water partition coefficient (Wildman–Crippen LogP) is 3.53. The van der Waals surface area contributed by atoms with Crippen LogP contribution in [0.5, 0.6) is 0 Å². The van der Waals surface area contributed by atoms with Gasteiger partial charge in [0, 0.05) is 12.5 Å². The van der Waals surface area contributed by atoms with Crippen molar-refractivity contribution in [3.8, 4) is 0 Å². The fourth-order valence-electron chi connectivity index (χ4n) is 2.25. The molecule has 0 saturated carbocycles. The largest absolute Gasteiger partial charge is 0.381 e. The monoisotopic (exact) mass is 204 g/mol. The SMILES string of the molecule is CCCc1ccc(C2CCCOC2)cc1. The number of ether oxygens (including phenoxy) is 1. The second-order valence-electron chi connectivity index (χ2n) is 4.41. The normalized spacial score (nSPS) is 21.5. The molecule has 1 aliphatic heterocycles. The number of hydrogen-bond acceptors (Lipinski definition) is 1. The molecule has 1 aliphatic rings. The van der Waals surface area contributed by atoms with Crippen LogP contribution in [0.3, 0.4) is 0 Å². The number of aryl methyl sites for hydroxylation is 1. The Kier molecular flexibility index (Phi) is 3.79. The Labute approximate surface area is 92.5 Å². The van der Waals surface area contributed by atoms with Crippen LogP contribution in [0, 0.1) is 0 Å². The van der Waals surface area contributed by atoms with Crippen LogP contribution in [-0.2, 0) is 11.2 Å². The molecule has 2 rings (SSSR count). The summed E-state index contributed by atoms with van der Waals surface area (Å²) in [6.07, 6.45) is 4.92. The third-order valence-corrected chi connectivity index (χ3v) is 3.15. The van der Waals surface area contributed by atoms with Crippen molar-refractivity contribution in [2.45, 2.75) is 38.5 Å². The highest BCUT2D eigenvalue weighted by molar-refractivity contribution is 5.25. The Hall–Kier alpha value is -0.820. The highest BCUT2D eigenvalue weighted by Crippen LogP contribution is 2.25. The summed E-state index contributed by atoms with van der Waals surface area (Å²) in [6.45, 7) is 4.08. The average molecular weight is 204 g/mol. The van der Waals surface area contributed by atoms with Crippen LogP contribution in [0.2, 0.25) is 0 Å². The van der Waals surface area contributed by atoms with E-state index in [-0.39, 0.29) is 0 Å². The lowest BCUT2D eigenvalue weighted by molar-refractivity contribution is 0.0804. The molecule has 0 spiro atoms. The van der Waals surface area contributed by atoms with Crippen molar-refractivity contribution < 1.29 is 4.74 Å². The lowest BCUT2D eigenvalue weighted by atomic mass is 9.92. The molecule has 0 aromatic heterocycles. The minimum Gasteiger partial charge on any atom is -0.381 e. The summed E-state index contributed by atoms with van der Waals surface area (Å²) in [5.74, 6) is 0.634. The molecule has 1 heterocycles. The van der Waals surface area contributed by atoms with E-state index in [2.05, 4.69) is 31.2 Å². The average Bonchev–Trinajstić information content (AvgIpc) is 2.32. The van der Waals surface area contributed by atoms with Crippen LogP contribution in [0.1, 0.15) is 43.2 Å². The highest BCUT2D eigenvalue weighted by Gasteiger charge is 2.15. The van der Waals surface area contributed by atoms with E-state index >= 15 is 0 Å². The molecule has 0 bridgehead atoms.